The summed E-state index contributed by atoms with van der Waals surface area (Å²) >= 11 is 0. The van der Waals surface area contributed by atoms with Gasteiger partial charge in [-0.25, -0.2) is 4.98 Å². The fraction of sp³-hybridized carbons (Fsp3) is 0.896. The summed E-state index contributed by atoms with van der Waals surface area (Å²) in [5.74, 6) is 0.949. The summed E-state index contributed by atoms with van der Waals surface area (Å²) in [4.78, 5) is 5.21. The van der Waals surface area contributed by atoms with Crippen LogP contribution in [0.4, 0.5) is 0 Å². The minimum atomic E-state index is 0.933. The van der Waals surface area contributed by atoms with Gasteiger partial charge in [0, 0.05) is 0 Å². The molecule has 0 radical (unpaired) electrons. The van der Waals surface area contributed by atoms with Gasteiger partial charge in [0.2, 0.25) is 0 Å². The van der Waals surface area contributed by atoms with Gasteiger partial charge in [0.1, 0.15) is 24.5 Å². The number of nitrogens with zero attached hydrogens (tertiary/aromatic N) is 3. The molecule has 0 fully saturated rings. The molecule has 52 heavy (non-hydrogen) atoms. The first-order valence-electron chi connectivity index (χ1n) is 23.4. The molecule has 0 aliphatic carbocycles. The number of hydrogen-bond acceptors (Lipinski definition) is 2. The molecule has 1 rings (SSSR count). The molecular formula is C48H95N3O+2. The second-order valence-electron chi connectivity index (χ2n) is 18.2. The van der Waals surface area contributed by atoms with Crippen LogP contribution in [-0.2, 0) is 13.1 Å². The van der Waals surface area contributed by atoms with E-state index in [1.807, 2.05) is 0 Å². The van der Waals surface area contributed by atoms with E-state index < -0.39 is 0 Å². The number of pyridine rings is 1. The van der Waals surface area contributed by atoms with Gasteiger partial charge in [-0.3, -0.25) is 0 Å². The fourth-order valence-corrected chi connectivity index (χ4v) is 8.10. The molecule has 0 N–H and O–H groups in total. The Balaban J connectivity index is 2.18. The fourth-order valence-electron chi connectivity index (χ4n) is 8.10. The molecule has 0 aliphatic heterocycles. The van der Waals surface area contributed by atoms with Crippen molar-refractivity contribution in [2.75, 3.05) is 48.4 Å². The van der Waals surface area contributed by atoms with Gasteiger partial charge in [-0.05, 0) is 37.8 Å². The van der Waals surface area contributed by atoms with Crippen LogP contribution in [0, 0.1) is 0 Å². The zero-order chi connectivity index (χ0) is 38.0. The Hall–Kier alpha value is -1.13. The average molecular weight is 730 g/mol. The zero-order valence-electron chi connectivity index (χ0n) is 36.9. The molecule has 1 aromatic rings. The van der Waals surface area contributed by atoms with Crippen molar-refractivity contribution in [1.82, 2.24) is 4.98 Å². The molecule has 0 atom stereocenters. The van der Waals surface area contributed by atoms with Crippen LogP contribution in [0.25, 0.3) is 0 Å². The second kappa shape index (κ2) is 33.2. The Kier molecular flexibility index (Phi) is 31.2. The summed E-state index contributed by atoms with van der Waals surface area (Å²) in [5, 5.41) is 0. The van der Waals surface area contributed by atoms with E-state index >= 15 is 0 Å². The van der Waals surface area contributed by atoms with Gasteiger partial charge in [0.05, 0.1) is 54.1 Å². The summed E-state index contributed by atoms with van der Waals surface area (Å²) < 4.78 is 7.78. The van der Waals surface area contributed by atoms with E-state index in [1.165, 1.54) is 224 Å². The van der Waals surface area contributed by atoms with E-state index in [0.29, 0.717) is 0 Å². The average Bonchev–Trinajstić information content (AvgIpc) is 3.11. The third-order valence-electron chi connectivity index (χ3n) is 11.6. The molecule has 4 nitrogen and oxygen atoms in total. The summed E-state index contributed by atoms with van der Waals surface area (Å²) in [6.45, 7) is 8.96. The van der Waals surface area contributed by atoms with E-state index in [2.05, 4.69) is 54.2 Å². The van der Waals surface area contributed by atoms with E-state index in [4.69, 9.17) is 9.72 Å². The van der Waals surface area contributed by atoms with E-state index in [-0.39, 0.29) is 0 Å². The number of quaternary nitrogens is 2. The summed E-state index contributed by atoms with van der Waals surface area (Å²) in [5.41, 5.74) is 2.34. The van der Waals surface area contributed by atoms with E-state index in [0.717, 1.165) is 33.5 Å². The highest BCUT2D eigenvalue weighted by atomic mass is 16.5. The van der Waals surface area contributed by atoms with Crippen molar-refractivity contribution >= 4 is 0 Å². The van der Waals surface area contributed by atoms with E-state index in [1.54, 1.807) is 7.11 Å². The van der Waals surface area contributed by atoms with Crippen molar-refractivity contribution in [3.63, 3.8) is 0 Å². The lowest BCUT2D eigenvalue weighted by molar-refractivity contribution is -0.905. The zero-order valence-corrected chi connectivity index (χ0v) is 36.9. The van der Waals surface area contributed by atoms with Crippen molar-refractivity contribution in [2.45, 2.75) is 232 Å². The van der Waals surface area contributed by atoms with Crippen LogP contribution in [0.15, 0.2) is 12.1 Å². The molecular weight excluding hydrogens is 635 g/mol. The molecule has 0 aromatic carbocycles. The Labute approximate surface area is 327 Å². The normalized spacial score (nSPS) is 12.2. The van der Waals surface area contributed by atoms with Crippen molar-refractivity contribution in [3.05, 3.63) is 23.5 Å². The van der Waals surface area contributed by atoms with Gasteiger partial charge in [-0.15, -0.1) is 0 Å². The van der Waals surface area contributed by atoms with Gasteiger partial charge in [-0.2, -0.15) is 0 Å². The highest BCUT2D eigenvalue weighted by molar-refractivity contribution is 5.28. The molecule has 0 saturated heterocycles. The maximum atomic E-state index is 5.80. The third kappa shape index (κ3) is 29.3. The number of rotatable bonds is 39. The number of ether oxygens (including phenoxy) is 1. The van der Waals surface area contributed by atoms with Crippen LogP contribution in [-0.4, -0.2) is 62.3 Å². The molecule has 4 heteroatoms. The highest BCUT2D eigenvalue weighted by Gasteiger charge is 2.22. The standard InChI is InChI=1S/C48H95N3O/c1-8-10-12-14-16-18-20-22-24-26-28-30-32-34-36-38-42-50(3,4)44-46-40-41-48(52-7)47(49-46)45-51(5,6)43-39-37-35-33-31-29-27-25-23-21-19-17-15-13-11-9-2/h40-41H,8-39,42-45H2,1-7H3/q+2. The summed E-state index contributed by atoms with van der Waals surface area (Å²) in [6.07, 6.45) is 45.6. The van der Waals surface area contributed by atoms with Crippen molar-refractivity contribution in [2.24, 2.45) is 0 Å². The number of unbranched alkanes of at least 4 members (excludes halogenated alkanes) is 30. The Bertz CT molecular complexity index is 913. The van der Waals surface area contributed by atoms with Crippen LogP contribution < -0.4 is 4.74 Å². The lowest BCUT2D eigenvalue weighted by atomic mass is 10.0. The van der Waals surface area contributed by atoms with Crippen molar-refractivity contribution in [1.29, 1.82) is 0 Å². The quantitative estimate of drug-likeness (QED) is 0.0497. The van der Waals surface area contributed by atoms with E-state index in [9.17, 15) is 0 Å². The molecule has 0 saturated carbocycles. The molecule has 306 valence electrons. The maximum absolute atomic E-state index is 5.80. The minimum Gasteiger partial charge on any atom is -0.495 e. The topological polar surface area (TPSA) is 22.1 Å². The minimum absolute atomic E-state index is 0.933. The second-order valence-corrected chi connectivity index (χ2v) is 18.2. The van der Waals surface area contributed by atoms with Gasteiger partial charge in [0.25, 0.3) is 0 Å². The predicted molar refractivity (Wildman–Crippen MR) is 231 cm³/mol. The first kappa shape index (κ1) is 48.9. The van der Waals surface area contributed by atoms with Gasteiger partial charge in [0.15, 0.2) is 0 Å². The number of methoxy groups -OCH3 is 1. The lowest BCUT2D eigenvalue weighted by Gasteiger charge is -2.31. The smallest absolute Gasteiger partial charge is 0.146 e. The van der Waals surface area contributed by atoms with Gasteiger partial charge in [-0.1, -0.05) is 194 Å². The van der Waals surface area contributed by atoms with Crippen molar-refractivity contribution in [3.8, 4) is 5.75 Å². The Morgan fingerprint density at radius 1 is 0.404 bits per heavy atom. The summed E-state index contributed by atoms with van der Waals surface area (Å²) in [7, 11) is 11.3. The molecule has 1 aromatic heterocycles. The molecule has 0 bridgehead atoms. The number of aromatic nitrogens is 1. The van der Waals surface area contributed by atoms with Crippen LogP contribution in [0.5, 0.6) is 5.75 Å². The highest BCUT2D eigenvalue weighted by Crippen LogP contribution is 2.23. The van der Waals surface area contributed by atoms with Gasteiger partial charge >= 0.3 is 0 Å². The summed E-state index contributed by atoms with van der Waals surface area (Å²) in [6, 6.07) is 4.37. The van der Waals surface area contributed by atoms with Crippen molar-refractivity contribution < 1.29 is 13.7 Å². The maximum Gasteiger partial charge on any atom is 0.146 e. The largest absolute Gasteiger partial charge is 0.495 e. The predicted octanol–water partition coefficient (Wildman–Crippen LogP) is 14.8. The Morgan fingerprint density at radius 2 is 0.692 bits per heavy atom. The third-order valence-corrected chi connectivity index (χ3v) is 11.6. The molecule has 0 aliphatic rings. The molecule has 1 heterocycles. The van der Waals surface area contributed by atoms with Crippen LogP contribution in [0.3, 0.4) is 0 Å². The lowest BCUT2D eigenvalue weighted by Crippen LogP contribution is -2.41. The molecule has 0 unspecified atom stereocenters. The number of hydrogen-bond donors (Lipinski definition) is 0. The first-order chi connectivity index (χ1) is 25.2. The monoisotopic (exact) mass is 730 g/mol. The van der Waals surface area contributed by atoms with Crippen LogP contribution >= 0.6 is 0 Å². The molecule has 0 amide bonds. The van der Waals surface area contributed by atoms with Crippen LogP contribution in [0.1, 0.15) is 231 Å². The first-order valence-corrected chi connectivity index (χ1v) is 23.4. The Morgan fingerprint density at radius 3 is 1.00 bits per heavy atom. The molecule has 0 spiro atoms. The van der Waals surface area contributed by atoms with Crippen LogP contribution in [0.2, 0.25) is 0 Å². The SMILES string of the molecule is CCCCCCCCCCCCCCCCCC[N+](C)(C)Cc1ccc(OC)c(C[N+](C)(C)CCCCCCCCCCCCCCCCCC)n1. The van der Waals surface area contributed by atoms with Gasteiger partial charge < -0.3 is 13.7 Å².